The molecule has 0 aliphatic carbocycles. The molecule has 3 aromatic rings. The molecule has 0 atom stereocenters. The van der Waals surface area contributed by atoms with Crippen LogP contribution in [0, 0.1) is 11.6 Å². The van der Waals surface area contributed by atoms with Gasteiger partial charge in [-0.1, -0.05) is 11.6 Å². The maximum atomic E-state index is 13.5. The smallest absolute Gasteiger partial charge is 0.244 e. The van der Waals surface area contributed by atoms with E-state index in [0.29, 0.717) is 29.9 Å². The van der Waals surface area contributed by atoms with Crippen LogP contribution in [-0.2, 0) is 10.0 Å². The van der Waals surface area contributed by atoms with Crippen molar-refractivity contribution in [1.82, 2.24) is 14.3 Å². The van der Waals surface area contributed by atoms with Crippen LogP contribution >= 0.6 is 11.6 Å². The Bertz CT molecular complexity index is 1170. The minimum Gasteiger partial charge on any atom is -0.393 e. The molecule has 2 heterocycles. The second kappa shape index (κ2) is 8.07. The summed E-state index contributed by atoms with van der Waals surface area (Å²) in [7, 11) is -3.85. The Hall–Kier alpha value is -2.33. The molecular weight excluding hydrogens is 436 g/mol. The number of halogens is 3. The van der Waals surface area contributed by atoms with Gasteiger partial charge in [0.15, 0.2) is 0 Å². The first-order valence-corrected chi connectivity index (χ1v) is 11.1. The molecular formula is C20H18ClF2N3O3S. The summed E-state index contributed by atoms with van der Waals surface area (Å²) in [6, 6.07) is 7.57. The van der Waals surface area contributed by atoms with Gasteiger partial charge in [0.25, 0.3) is 0 Å². The number of aromatic amines is 1. The van der Waals surface area contributed by atoms with Gasteiger partial charge in [-0.3, -0.25) is 0 Å². The van der Waals surface area contributed by atoms with Gasteiger partial charge in [0.1, 0.15) is 22.4 Å². The Balaban J connectivity index is 1.68. The predicted octanol–water partition coefficient (Wildman–Crippen LogP) is 3.82. The number of H-pyrrole nitrogens is 1. The van der Waals surface area contributed by atoms with Gasteiger partial charge < -0.3 is 10.1 Å². The van der Waals surface area contributed by atoms with Crippen molar-refractivity contribution in [2.45, 2.75) is 23.8 Å². The maximum Gasteiger partial charge on any atom is 0.244 e. The van der Waals surface area contributed by atoms with E-state index in [4.69, 9.17) is 11.6 Å². The first-order chi connectivity index (χ1) is 14.2. The number of piperidine rings is 1. The summed E-state index contributed by atoms with van der Waals surface area (Å²) >= 11 is 6.18. The molecule has 1 saturated heterocycles. The highest BCUT2D eigenvalue weighted by Crippen LogP contribution is 2.31. The van der Waals surface area contributed by atoms with Crippen LogP contribution in [0.25, 0.3) is 22.6 Å². The van der Waals surface area contributed by atoms with E-state index in [1.807, 2.05) is 0 Å². The van der Waals surface area contributed by atoms with Crippen LogP contribution in [-0.4, -0.2) is 47.0 Å². The van der Waals surface area contributed by atoms with Crippen LogP contribution in [0.5, 0.6) is 0 Å². The Labute approximate surface area is 177 Å². The number of aliphatic hydroxyl groups excluding tert-OH is 1. The summed E-state index contributed by atoms with van der Waals surface area (Å²) in [6.45, 7) is 0.417. The molecule has 1 fully saturated rings. The van der Waals surface area contributed by atoms with Crippen molar-refractivity contribution >= 4 is 21.6 Å². The lowest BCUT2D eigenvalue weighted by Crippen LogP contribution is -2.40. The molecule has 6 nitrogen and oxygen atoms in total. The van der Waals surface area contributed by atoms with Gasteiger partial charge in [0.2, 0.25) is 10.0 Å². The first kappa shape index (κ1) is 20.9. The summed E-state index contributed by atoms with van der Waals surface area (Å²) in [6.07, 6.45) is 1.70. The minimum absolute atomic E-state index is 0.0622. The normalized spacial score (nSPS) is 16.1. The lowest BCUT2D eigenvalue weighted by molar-refractivity contribution is 0.113. The highest BCUT2D eigenvalue weighted by molar-refractivity contribution is 7.89. The van der Waals surface area contributed by atoms with E-state index >= 15 is 0 Å². The molecule has 30 heavy (non-hydrogen) atoms. The first-order valence-electron chi connectivity index (χ1n) is 9.24. The van der Waals surface area contributed by atoms with Gasteiger partial charge in [0, 0.05) is 36.5 Å². The molecule has 0 spiro atoms. The molecule has 10 heteroatoms. The second-order valence-electron chi connectivity index (χ2n) is 7.07. The van der Waals surface area contributed by atoms with Crippen molar-refractivity contribution in [3.05, 3.63) is 59.3 Å². The van der Waals surface area contributed by atoms with E-state index in [9.17, 15) is 22.3 Å². The Morgan fingerprint density at radius 2 is 1.73 bits per heavy atom. The number of nitrogens with zero attached hydrogens (tertiary/aromatic N) is 2. The number of sulfonamides is 1. The Morgan fingerprint density at radius 1 is 1.07 bits per heavy atom. The van der Waals surface area contributed by atoms with E-state index in [1.165, 1.54) is 22.6 Å². The monoisotopic (exact) mass is 453 g/mol. The third-order valence-corrected chi connectivity index (χ3v) is 7.36. The summed E-state index contributed by atoms with van der Waals surface area (Å²) in [5.41, 5.74) is 1.02. The van der Waals surface area contributed by atoms with E-state index in [0.717, 1.165) is 18.2 Å². The molecule has 0 amide bonds. The van der Waals surface area contributed by atoms with Crippen molar-refractivity contribution in [3.8, 4) is 22.6 Å². The predicted molar refractivity (Wildman–Crippen MR) is 108 cm³/mol. The minimum atomic E-state index is -3.85. The van der Waals surface area contributed by atoms with E-state index < -0.39 is 27.8 Å². The third kappa shape index (κ3) is 4.11. The maximum absolute atomic E-state index is 13.5. The van der Waals surface area contributed by atoms with Gasteiger partial charge >= 0.3 is 0 Å². The zero-order chi connectivity index (χ0) is 21.5. The van der Waals surface area contributed by atoms with Crippen molar-refractivity contribution in [2.75, 3.05) is 13.1 Å². The molecule has 0 bridgehead atoms. The van der Waals surface area contributed by atoms with Crippen LogP contribution in [0.2, 0.25) is 5.02 Å². The third-order valence-electron chi connectivity index (χ3n) is 4.98. The van der Waals surface area contributed by atoms with Crippen molar-refractivity contribution in [2.24, 2.45) is 0 Å². The van der Waals surface area contributed by atoms with E-state index in [1.54, 1.807) is 6.07 Å². The topological polar surface area (TPSA) is 86.3 Å². The van der Waals surface area contributed by atoms with Crippen molar-refractivity contribution in [1.29, 1.82) is 0 Å². The summed E-state index contributed by atoms with van der Waals surface area (Å²) in [4.78, 5) is 7.17. The van der Waals surface area contributed by atoms with Crippen LogP contribution in [0.15, 0.2) is 47.5 Å². The number of benzene rings is 2. The molecule has 2 aromatic carbocycles. The van der Waals surface area contributed by atoms with Gasteiger partial charge in [-0.15, -0.1) is 0 Å². The van der Waals surface area contributed by atoms with Gasteiger partial charge in [-0.05, 0) is 43.2 Å². The van der Waals surface area contributed by atoms with E-state index in [2.05, 4.69) is 9.97 Å². The number of rotatable bonds is 4. The fraction of sp³-hybridized carbons (Fsp3) is 0.250. The lowest BCUT2D eigenvalue weighted by atomic mass is 10.1. The summed E-state index contributed by atoms with van der Waals surface area (Å²) in [5.74, 6) is -1.11. The van der Waals surface area contributed by atoms with Gasteiger partial charge in [-0.25, -0.2) is 22.2 Å². The average molecular weight is 454 g/mol. The SMILES string of the molecule is O=S(=O)(c1cc(-c2nc(-c3cc(F)cc(F)c3)c[nH]2)ccc1Cl)N1CCC(O)CC1. The average Bonchev–Trinajstić information content (AvgIpc) is 3.18. The van der Waals surface area contributed by atoms with Gasteiger partial charge in [-0.2, -0.15) is 4.31 Å². The fourth-order valence-electron chi connectivity index (χ4n) is 3.39. The van der Waals surface area contributed by atoms with E-state index in [-0.39, 0.29) is 28.6 Å². The molecule has 2 N–H and O–H groups in total. The quantitative estimate of drug-likeness (QED) is 0.628. The van der Waals surface area contributed by atoms with Crippen LogP contribution in [0.3, 0.4) is 0 Å². The Kier molecular flexibility index (Phi) is 5.63. The van der Waals surface area contributed by atoms with Crippen molar-refractivity contribution < 1.29 is 22.3 Å². The number of hydrogen-bond acceptors (Lipinski definition) is 4. The molecule has 1 aliphatic heterocycles. The highest BCUT2D eigenvalue weighted by atomic mass is 35.5. The van der Waals surface area contributed by atoms with Crippen LogP contribution in [0.4, 0.5) is 8.78 Å². The van der Waals surface area contributed by atoms with Gasteiger partial charge in [0.05, 0.1) is 16.8 Å². The van der Waals surface area contributed by atoms with Crippen LogP contribution in [0.1, 0.15) is 12.8 Å². The second-order valence-corrected chi connectivity index (χ2v) is 9.39. The Morgan fingerprint density at radius 3 is 2.40 bits per heavy atom. The number of hydrogen-bond donors (Lipinski definition) is 2. The summed E-state index contributed by atoms with van der Waals surface area (Å²) in [5, 5.41) is 9.71. The summed E-state index contributed by atoms with van der Waals surface area (Å²) < 4.78 is 54.4. The number of imidazole rings is 1. The zero-order valence-electron chi connectivity index (χ0n) is 15.6. The molecule has 1 aromatic heterocycles. The zero-order valence-corrected chi connectivity index (χ0v) is 17.2. The molecule has 158 valence electrons. The van der Waals surface area contributed by atoms with Crippen molar-refractivity contribution in [3.63, 3.8) is 0 Å². The molecule has 1 aliphatic rings. The number of nitrogens with one attached hydrogen (secondary N) is 1. The van der Waals surface area contributed by atoms with Crippen LogP contribution < -0.4 is 0 Å². The highest BCUT2D eigenvalue weighted by Gasteiger charge is 2.30. The largest absolute Gasteiger partial charge is 0.393 e. The number of aromatic nitrogens is 2. The standard InChI is InChI=1S/C20H18ClF2N3O3S/c21-17-2-1-12(9-19(17)30(28,29)26-5-3-16(27)4-6-26)20-24-11-18(25-20)13-7-14(22)10-15(23)8-13/h1-2,7-11,16,27H,3-6H2,(H,24,25). The molecule has 0 unspecified atom stereocenters. The number of aliphatic hydroxyl groups is 1. The molecule has 0 radical (unpaired) electrons. The fourth-order valence-corrected chi connectivity index (χ4v) is 5.36. The lowest BCUT2D eigenvalue weighted by Gasteiger charge is -2.29. The molecule has 0 saturated carbocycles. The molecule has 4 rings (SSSR count).